The van der Waals surface area contributed by atoms with Gasteiger partial charge in [-0.1, -0.05) is 6.07 Å². The van der Waals surface area contributed by atoms with E-state index in [-0.39, 0.29) is 29.9 Å². The van der Waals surface area contributed by atoms with E-state index in [1.807, 2.05) is 24.0 Å². The molecule has 4 rings (SSSR count). The number of hydrogen-bond donors (Lipinski definition) is 1. The standard InChI is InChI=1S/C23H29N3O3S/c1-13-11-18-12-17(7-10-20(18)26(13)15(3)27)21-14(2)30-23(24-21)25-22(28)16-5-8-19(29-4)9-6-16/h7,10,12-13,16,19H,5-6,8-9,11H2,1-4H3,(H,24,25,28)/t13-,16?,19?/m0/s1. The molecule has 1 atom stereocenters. The highest BCUT2D eigenvalue weighted by Gasteiger charge is 2.30. The van der Waals surface area contributed by atoms with E-state index in [1.54, 1.807) is 14.0 Å². The number of aryl methyl sites for hydroxylation is 1. The number of carbonyl (C=O) groups is 2. The van der Waals surface area contributed by atoms with Gasteiger partial charge in [0, 0.05) is 42.1 Å². The summed E-state index contributed by atoms with van der Waals surface area (Å²) in [7, 11) is 1.74. The van der Waals surface area contributed by atoms with Crippen molar-refractivity contribution in [1.82, 2.24) is 4.98 Å². The molecule has 1 fully saturated rings. The number of fused-ring (bicyclic) bond motifs is 1. The van der Waals surface area contributed by atoms with Crippen LogP contribution >= 0.6 is 11.3 Å². The van der Waals surface area contributed by atoms with Crippen LogP contribution in [0.15, 0.2) is 18.2 Å². The Morgan fingerprint density at radius 1 is 1.23 bits per heavy atom. The van der Waals surface area contributed by atoms with Gasteiger partial charge in [0.1, 0.15) is 0 Å². The average Bonchev–Trinajstić information content (AvgIpc) is 3.25. The Morgan fingerprint density at radius 3 is 2.63 bits per heavy atom. The summed E-state index contributed by atoms with van der Waals surface area (Å²) in [4.78, 5) is 32.3. The SMILES string of the molecule is COC1CCC(C(=O)Nc2nc(-c3ccc4c(c3)C[C@H](C)N4C(C)=O)c(C)s2)CC1. The molecule has 1 aliphatic carbocycles. The van der Waals surface area contributed by atoms with Gasteiger partial charge < -0.3 is 15.0 Å². The Bertz CT molecular complexity index is 963. The molecular formula is C23H29N3O3S. The van der Waals surface area contributed by atoms with Crippen molar-refractivity contribution in [3.05, 3.63) is 28.6 Å². The van der Waals surface area contributed by atoms with Gasteiger partial charge in [0.05, 0.1) is 11.8 Å². The first-order valence-corrected chi connectivity index (χ1v) is 11.4. The molecular weight excluding hydrogens is 398 g/mol. The quantitative estimate of drug-likeness (QED) is 0.776. The summed E-state index contributed by atoms with van der Waals surface area (Å²) in [5.41, 5.74) is 4.09. The topological polar surface area (TPSA) is 71.5 Å². The summed E-state index contributed by atoms with van der Waals surface area (Å²) in [5.74, 6) is 0.163. The van der Waals surface area contributed by atoms with Gasteiger partial charge in [0.25, 0.3) is 0 Å². The van der Waals surface area contributed by atoms with Crippen LogP contribution in [0.3, 0.4) is 0 Å². The Labute approximate surface area is 181 Å². The number of thiazole rings is 1. The van der Waals surface area contributed by atoms with Crippen LogP contribution in [0.2, 0.25) is 0 Å². The number of carbonyl (C=O) groups excluding carboxylic acids is 2. The van der Waals surface area contributed by atoms with Crippen LogP contribution in [0.4, 0.5) is 10.8 Å². The zero-order valence-corrected chi connectivity index (χ0v) is 18.8. The van der Waals surface area contributed by atoms with Gasteiger partial charge in [-0.15, -0.1) is 11.3 Å². The van der Waals surface area contributed by atoms with E-state index in [0.717, 1.165) is 53.9 Å². The van der Waals surface area contributed by atoms with Gasteiger partial charge in [0.2, 0.25) is 11.8 Å². The fraction of sp³-hybridized carbons (Fsp3) is 0.522. The van der Waals surface area contributed by atoms with Crippen LogP contribution in [-0.4, -0.2) is 36.1 Å². The highest BCUT2D eigenvalue weighted by atomic mass is 32.1. The summed E-state index contributed by atoms with van der Waals surface area (Å²) in [6.45, 7) is 5.72. The van der Waals surface area contributed by atoms with E-state index in [1.165, 1.54) is 16.9 Å². The number of nitrogens with one attached hydrogen (secondary N) is 1. The van der Waals surface area contributed by atoms with E-state index >= 15 is 0 Å². The highest BCUT2D eigenvalue weighted by molar-refractivity contribution is 7.16. The third kappa shape index (κ3) is 4.01. The lowest BCUT2D eigenvalue weighted by Gasteiger charge is -2.26. The lowest BCUT2D eigenvalue weighted by molar-refractivity contribution is -0.121. The number of rotatable bonds is 4. The van der Waals surface area contributed by atoms with Crippen LogP contribution in [0.25, 0.3) is 11.3 Å². The maximum atomic E-state index is 12.7. The summed E-state index contributed by atoms with van der Waals surface area (Å²) >= 11 is 1.51. The number of anilines is 2. The molecule has 160 valence electrons. The van der Waals surface area contributed by atoms with E-state index < -0.39 is 0 Å². The lowest BCUT2D eigenvalue weighted by Crippen LogP contribution is -2.33. The third-order valence-electron chi connectivity index (χ3n) is 6.31. The van der Waals surface area contributed by atoms with Gasteiger partial charge in [-0.3, -0.25) is 9.59 Å². The molecule has 0 saturated heterocycles. The molecule has 7 heteroatoms. The second-order valence-corrected chi connectivity index (χ2v) is 9.61. The molecule has 1 aromatic carbocycles. The predicted octanol–water partition coefficient (Wildman–Crippen LogP) is 4.56. The second kappa shape index (κ2) is 8.47. The molecule has 0 unspecified atom stereocenters. The maximum Gasteiger partial charge on any atom is 0.229 e. The molecule has 1 N–H and O–H groups in total. The van der Waals surface area contributed by atoms with Crippen molar-refractivity contribution < 1.29 is 14.3 Å². The fourth-order valence-electron chi connectivity index (χ4n) is 4.74. The first-order valence-electron chi connectivity index (χ1n) is 10.6. The summed E-state index contributed by atoms with van der Waals surface area (Å²) in [6.07, 6.45) is 4.71. The van der Waals surface area contributed by atoms with Crippen molar-refractivity contribution in [2.24, 2.45) is 5.92 Å². The third-order valence-corrected chi connectivity index (χ3v) is 7.20. The Kier molecular flexibility index (Phi) is 5.93. The van der Waals surface area contributed by atoms with Crippen molar-refractivity contribution in [2.75, 3.05) is 17.3 Å². The van der Waals surface area contributed by atoms with Crippen molar-refractivity contribution in [3.8, 4) is 11.3 Å². The first kappa shape index (κ1) is 21.0. The van der Waals surface area contributed by atoms with Gasteiger partial charge >= 0.3 is 0 Å². The van der Waals surface area contributed by atoms with Crippen molar-refractivity contribution in [2.45, 2.75) is 65.0 Å². The number of nitrogens with zero attached hydrogens (tertiary/aromatic N) is 2. The highest BCUT2D eigenvalue weighted by Crippen LogP contribution is 2.38. The van der Waals surface area contributed by atoms with Crippen LogP contribution in [0, 0.1) is 12.8 Å². The Morgan fingerprint density at radius 2 is 1.97 bits per heavy atom. The number of benzene rings is 1. The van der Waals surface area contributed by atoms with E-state index in [0.29, 0.717) is 5.13 Å². The van der Waals surface area contributed by atoms with Gasteiger partial charge in [-0.2, -0.15) is 0 Å². The van der Waals surface area contributed by atoms with E-state index in [4.69, 9.17) is 9.72 Å². The van der Waals surface area contributed by atoms with Crippen LogP contribution in [0.5, 0.6) is 0 Å². The van der Waals surface area contributed by atoms with Gasteiger partial charge in [0.15, 0.2) is 5.13 Å². The Hall–Kier alpha value is -2.25. The molecule has 1 aromatic heterocycles. The summed E-state index contributed by atoms with van der Waals surface area (Å²) in [6, 6.07) is 6.34. The lowest BCUT2D eigenvalue weighted by atomic mass is 9.87. The number of aromatic nitrogens is 1. The maximum absolute atomic E-state index is 12.7. The summed E-state index contributed by atoms with van der Waals surface area (Å²) in [5, 5.41) is 3.68. The minimum Gasteiger partial charge on any atom is -0.381 e. The Balaban J connectivity index is 1.49. The van der Waals surface area contributed by atoms with Gasteiger partial charge in [-0.05, 0) is 63.6 Å². The van der Waals surface area contributed by atoms with Crippen LogP contribution in [-0.2, 0) is 20.7 Å². The number of ether oxygens (including phenoxy) is 1. The number of hydrogen-bond acceptors (Lipinski definition) is 5. The summed E-state index contributed by atoms with van der Waals surface area (Å²) < 4.78 is 5.40. The molecule has 30 heavy (non-hydrogen) atoms. The van der Waals surface area contributed by atoms with Crippen LogP contribution in [0.1, 0.15) is 50.0 Å². The zero-order valence-electron chi connectivity index (χ0n) is 18.0. The first-order chi connectivity index (χ1) is 14.4. The number of methoxy groups -OCH3 is 1. The molecule has 2 heterocycles. The fourth-order valence-corrected chi connectivity index (χ4v) is 5.58. The molecule has 0 bridgehead atoms. The van der Waals surface area contributed by atoms with Crippen molar-refractivity contribution >= 4 is 34.0 Å². The van der Waals surface area contributed by atoms with E-state index in [9.17, 15) is 9.59 Å². The van der Waals surface area contributed by atoms with Crippen LogP contribution < -0.4 is 10.2 Å². The molecule has 2 amide bonds. The van der Waals surface area contributed by atoms with Crippen molar-refractivity contribution in [1.29, 1.82) is 0 Å². The monoisotopic (exact) mass is 427 g/mol. The largest absolute Gasteiger partial charge is 0.381 e. The van der Waals surface area contributed by atoms with Crippen molar-refractivity contribution in [3.63, 3.8) is 0 Å². The molecule has 2 aromatic rings. The molecule has 6 nitrogen and oxygen atoms in total. The average molecular weight is 428 g/mol. The predicted molar refractivity (Wildman–Crippen MR) is 120 cm³/mol. The zero-order chi connectivity index (χ0) is 21.4. The normalized spacial score (nSPS) is 23.3. The minimum atomic E-state index is 0.0307. The molecule has 2 aliphatic rings. The minimum absolute atomic E-state index is 0.0307. The van der Waals surface area contributed by atoms with E-state index in [2.05, 4.69) is 18.3 Å². The molecule has 1 saturated carbocycles. The molecule has 0 spiro atoms. The number of amides is 2. The molecule has 0 radical (unpaired) electrons. The molecule has 1 aliphatic heterocycles. The van der Waals surface area contributed by atoms with Gasteiger partial charge in [-0.25, -0.2) is 4.98 Å². The smallest absolute Gasteiger partial charge is 0.229 e. The second-order valence-electron chi connectivity index (χ2n) is 8.41.